The average molecular weight is 326 g/mol. The fourth-order valence-electron chi connectivity index (χ4n) is 4.39. The van der Waals surface area contributed by atoms with Crippen molar-refractivity contribution in [2.24, 2.45) is 11.8 Å². The maximum atomic E-state index is 12.9. The first-order valence-electron chi connectivity index (χ1n) is 9.36. The van der Waals surface area contributed by atoms with Gasteiger partial charge in [0.05, 0.1) is 11.8 Å². The van der Waals surface area contributed by atoms with Gasteiger partial charge in [-0.25, -0.2) is 0 Å². The Hall–Kier alpha value is -1.84. The number of hydrogen-bond donors (Lipinski definition) is 1. The zero-order chi connectivity index (χ0) is 16.7. The number of rotatable bonds is 3. The van der Waals surface area contributed by atoms with Gasteiger partial charge in [-0.3, -0.25) is 9.59 Å². The van der Waals surface area contributed by atoms with E-state index in [2.05, 4.69) is 18.3 Å². The summed E-state index contributed by atoms with van der Waals surface area (Å²) in [7, 11) is 0. The molecule has 3 atom stereocenters. The summed E-state index contributed by atoms with van der Waals surface area (Å²) in [6.07, 6.45) is 7.50. The van der Waals surface area contributed by atoms with Crippen molar-refractivity contribution in [1.82, 2.24) is 5.32 Å². The number of nitrogens with zero attached hydrogens (tertiary/aromatic N) is 1. The van der Waals surface area contributed by atoms with Crippen LogP contribution in [0, 0.1) is 11.8 Å². The second-order valence-electron chi connectivity index (χ2n) is 7.68. The Morgan fingerprint density at radius 3 is 2.62 bits per heavy atom. The van der Waals surface area contributed by atoms with Crippen molar-refractivity contribution in [2.75, 3.05) is 4.90 Å². The monoisotopic (exact) mass is 326 g/mol. The Morgan fingerprint density at radius 1 is 1.08 bits per heavy atom. The highest BCUT2D eigenvalue weighted by molar-refractivity contribution is 6.02. The second-order valence-corrected chi connectivity index (χ2v) is 7.68. The van der Waals surface area contributed by atoms with E-state index in [-0.39, 0.29) is 29.7 Å². The van der Waals surface area contributed by atoms with Gasteiger partial charge in [0.2, 0.25) is 11.8 Å². The second kappa shape index (κ2) is 6.23. The molecule has 2 saturated carbocycles. The molecule has 0 saturated heterocycles. The van der Waals surface area contributed by atoms with Crippen LogP contribution < -0.4 is 10.2 Å². The Balaban J connectivity index is 1.39. The molecule has 2 aliphatic carbocycles. The van der Waals surface area contributed by atoms with E-state index in [1.165, 1.54) is 24.8 Å². The van der Waals surface area contributed by atoms with E-state index in [1.807, 2.05) is 23.1 Å². The molecule has 1 N–H and O–H groups in total. The van der Waals surface area contributed by atoms with Crippen molar-refractivity contribution in [3.63, 3.8) is 0 Å². The number of para-hydroxylation sites is 1. The van der Waals surface area contributed by atoms with Gasteiger partial charge in [-0.1, -0.05) is 37.5 Å². The summed E-state index contributed by atoms with van der Waals surface area (Å²) >= 11 is 0. The smallest absolute Gasteiger partial charge is 0.231 e. The molecular weight excluding hydrogens is 300 g/mol. The van der Waals surface area contributed by atoms with Crippen LogP contribution in [0.1, 0.15) is 51.0 Å². The number of hydrogen-bond acceptors (Lipinski definition) is 2. The summed E-state index contributed by atoms with van der Waals surface area (Å²) < 4.78 is 0. The van der Waals surface area contributed by atoms with E-state index in [9.17, 15) is 9.59 Å². The van der Waals surface area contributed by atoms with Gasteiger partial charge in [-0.2, -0.15) is 0 Å². The van der Waals surface area contributed by atoms with E-state index < -0.39 is 0 Å². The highest BCUT2D eigenvalue weighted by Gasteiger charge is 2.51. The molecule has 4 nitrogen and oxygen atoms in total. The quantitative estimate of drug-likeness (QED) is 0.928. The SMILES string of the molecule is CC1Cc2ccccc2N1C(=O)C1CC1C(=O)NC1CCCCC1. The third kappa shape index (κ3) is 2.83. The zero-order valence-corrected chi connectivity index (χ0v) is 14.3. The molecule has 1 aromatic carbocycles. The molecule has 1 aliphatic heterocycles. The molecule has 0 bridgehead atoms. The third-order valence-corrected chi connectivity index (χ3v) is 5.84. The molecule has 3 unspecified atom stereocenters. The number of carbonyl (C=O) groups is 2. The lowest BCUT2D eigenvalue weighted by Gasteiger charge is -2.24. The predicted molar refractivity (Wildman–Crippen MR) is 93.7 cm³/mol. The largest absolute Gasteiger partial charge is 0.353 e. The minimum atomic E-state index is -0.123. The van der Waals surface area contributed by atoms with Crippen LogP contribution in [0.5, 0.6) is 0 Å². The summed E-state index contributed by atoms with van der Waals surface area (Å²) in [5.74, 6) is -0.00165. The molecule has 2 fully saturated rings. The van der Waals surface area contributed by atoms with Gasteiger partial charge < -0.3 is 10.2 Å². The predicted octanol–water partition coefficient (Wildman–Crippen LogP) is 3.05. The van der Waals surface area contributed by atoms with Gasteiger partial charge >= 0.3 is 0 Å². The standard InChI is InChI=1S/C20H26N2O2/c1-13-11-14-7-5-6-10-18(14)22(13)20(24)17-12-16(17)19(23)21-15-8-3-2-4-9-15/h5-7,10,13,15-17H,2-4,8-9,11-12H2,1H3,(H,21,23). The molecule has 0 spiro atoms. The van der Waals surface area contributed by atoms with Crippen LogP contribution in [-0.4, -0.2) is 23.9 Å². The normalized spacial score (nSPS) is 29.2. The van der Waals surface area contributed by atoms with Crippen molar-refractivity contribution in [3.8, 4) is 0 Å². The first-order chi connectivity index (χ1) is 11.6. The number of fused-ring (bicyclic) bond motifs is 1. The summed E-state index contributed by atoms with van der Waals surface area (Å²) in [6, 6.07) is 8.65. The molecule has 3 aliphatic rings. The molecular formula is C20H26N2O2. The molecule has 4 heteroatoms. The van der Waals surface area contributed by atoms with Crippen LogP contribution in [0.25, 0.3) is 0 Å². The van der Waals surface area contributed by atoms with Crippen LogP contribution in [0.2, 0.25) is 0 Å². The molecule has 2 amide bonds. The first-order valence-corrected chi connectivity index (χ1v) is 9.36. The maximum absolute atomic E-state index is 12.9. The highest BCUT2D eigenvalue weighted by Crippen LogP contribution is 2.43. The molecule has 1 heterocycles. The number of carbonyl (C=O) groups excluding carboxylic acids is 2. The van der Waals surface area contributed by atoms with Gasteiger partial charge in [0.15, 0.2) is 0 Å². The molecule has 24 heavy (non-hydrogen) atoms. The van der Waals surface area contributed by atoms with Gasteiger partial charge in [0, 0.05) is 17.8 Å². The Labute approximate surface area is 143 Å². The lowest BCUT2D eigenvalue weighted by atomic mass is 9.95. The topological polar surface area (TPSA) is 49.4 Å². The van der Waals surface area contributed by atoms with Crippen molar-refractivity contribution in [3.05, 3.63) is 29.8 Å². The van der Waals surface area contributed by atoms with Gasteiger partial charge in [0.1, 0.15) is 0 Å². The lowest BCUT2D eigenvalue weighted by molar-refractivity contribution is -0.126. The zero-order valence-electron chi connectivity index (χ0n) is 14.3. The number of amides is 2. The van der Waals surface area contributed by atoms with E-state index in [0.717, 1.165) is 24.9 Å². The van der Waals surface area contributed by atoms with Crippen LogP contribution >= 0.6 is 0 Å². The highest BCUT2D eigenvalue weighted by atomic mass is 16.2. The molecule has 128 valence electrons. The van der Waals surface area contributed by atoms with Gasteiger partial charge in [-0.15, -0.1) is 0 Å². The minimum Gasteiger partial charge on any atom is -0.353 e. The fourth-order valence-corrected chi connectivity index (χ4v) is 4.39. The number of benzene rings is 1. The summed E-state index contributed by atoms with van der Waals surface area (Å²) in [6.45, 7) is 2.09. The van der Waals surface area contributed by atoms with Crippen molar-refractivity contribution in [2.45, 2.75) is 64.0 Å². The van der Waals surface area contributed by atoms with Gasteiger partial charge in [0.25, 0.3) is 0 Å². The maximum Gasteiger partial charge on any atom is 0.231 e. The van der Waals surface area contributed by atoms with Crippen molar-refractivity contribution < 1.29 is 9.59 Å². The van der Waals surface area contributed by atoms with E-state index in [1.54, 1.807) is 0 Å². The Bertz CT molecular complexity index is 651. The molecule has 0 radical (unpaired) electrons. The minimum absolute atomic E-state index is 0.0976. The molecule has 4 rings (SSSR count). The third-order valence-electron chi connectivity index (χ3n) is 5.84. The van der Waals surface area contributed by atoms with Crippen LogP contribution in [0.15, 0.2) is 24.3 Å². The van der Waals surface area contributed by atoms with E-state index in [0.29, 0.717) is 12.5 Å². The van der Waals surface area contributed by atoms with Crippen molar-refractivity contribution in [1.29, 1.82) is 0 Å². The number of nitrogens with one attached hydrogen (secondary N) is 1. The lowest BCUT2D eigenvalue weighted by Crippen LogP contribution is -2.40. The average Bonchev–Trinajstić information content (AvgIpc) is 3.32. The summed E-state index contributed by atoms with van der Waals surface area (Å²) in [5.41, 5.74) is 2.27. The van der Waals surface area contributed by atoms with E-state index in [4.69, 9.17) is 0 Å². The van der Waals surface area contributed by atoms with Crippen LogP contribution in [-0.2, 0) is 16.0 Å². The van der Waals surface area contributed by atoms with Gasteiger partial charge in [-0.05, 0) is 44.2 Å². The van der Waals surface area contributed by atoms with Crippen LogP contribution in [0.4, 0.5) is 5.69 Å². The van der Waals surface area contributed by atoms with Crippen molar-refractivity contribution >= 4 is 17.5 Å². The number of anilines is 1. The van der Waals surface area contributed by atoms with E-state index >= 15 is 0 Å². The fraction of sp³-hybridized carbons (Fsp3) is 0.600. The summed E-state index contributed by atoms with van der Waals surface area (Å²) in [5, 5.41) is 3.18. The Morgan fingerprint density at radius 2 is 1.83 bits per heavy atom. The Kier molecular flexibility index (Phi) is 4.07. The summed E-state index contributed by atoms with van der Waals surface area (Å²) in [4.78, 5) is 27.3. The first kappa shape index (κ1) is 15.7. The van der Waals surface area contributed by atoms with Crippen LogP contribution in [0.3, 0.4) is 0 Å². The molecule has 0 aromatic heterocycles. The molecule has 1 aromatic rings.